The average molecular weight is 444 g/mol. The molecule has 0 bridgehead atoms. The molecule has 1 aliphatic rings. The van der Waals surface area contributed by atoms with Gasteiger partial charge in [0.05, 0.1) is 4.90 Å². The minimum Gasteiger partial charge on any atom is -0.488 e. The maximum atomic E-state index is 12.4. The predicted octanol–water partition coefficient (Wildman–Crippen LogP) is 2.75. The summed E-state index contributed by atoms with van der Waals surface area (Å²) in [7, 11) is -3.89. The number of carbonyl (C=O) groups excluding carboxylic acids is 2. The van der Waals surface area contributed by atoms with Gasteiger partial charge in [0.2, 0.25) is 10.0 Å². The molecule has 30 heavy (non-hydrogen) atoms. The minimum atomic E-state index is -3.89. The molecule has 1 amide bonds. The smallest absolute Gasteiger partial charge is 0.348 e. The van der Waals surface area contributed by atoms with Crippen molar-refractivity contribution in [2.24, 2.45) is 5.14 Å². The normalized spacial score (nSPS) is 12.3. The van der Waals surface area contributed by atoms with Crippen molar-refractivity contribution < 1.29 is 27.5 Å². The molecule has 0 unspecified atom stereocenters. The van der Waals surface area contributed by atoms with E-state index in [0.717, 1.165) is 21.8 Å². The Kier molecular flexibility index (Phi) is 5.29. The molecule has 0 spiro atoms. The van der Waals surface area contributed by atoms with Crippen LogP contribution in [0.1, 0.15) is 15.2 Å². The van der Waals surface area contributed by atoms with Gasteiger partial charge in [-0.2, -0.15) is 0 Å². The Bertz CT molecular complexity index is 1250. The lowest BCUT2D eigenvalue weighted by Gasteiger charge is -2.16. The van der Waals surface area contributed by atoms with Crippen molar-refractivity contribution in [2.75, 3.05) is 11.9 Å². The highest BCUT2D eigenvalue weighted by Crippen LogP contribution is 2.42. The maximum Gasteiger partial charge on any atom is 0.348 e. The Balaban J connectivity index is 1.40. The number of nitrogens with one attached hydrogen (secondary N) is 1. The van der Waals surface area contributed by atoms with Crippen molar-refractivity contribution >= 4 is 38.9 Å². The van der Waals surface area contributed by atoms with E-state index in [-0.39, 0.29) is 10.6 Å². The van der Waals surface area contributed by atoms with Crippen LogP contribution in [0.4, 0.5) is 5.69 Å². The Morgan fingerprint density at radius 2 is 1.93 bits per heavy atom. The maximum absolute atomic E-state index is 12.4. The number of hydrogen-bond donors (Lipinski definition) is 2. The third kappa shape index (κ3) is 4.20. The SMILES string of the molecule is NS(=O)(=O)c1cccc(NC(=O)COC(=O)c2cc3c(s2)-c2ccccc2OC3)c1. The molecule has 1 aromatic heterocycles. The standard InChI is InChI=1S/C20H16N2O6S2/c21-30(25,26)14-5-3-4-13(9-14)22-18(23)11-28-20(24)17-8-12-10-27-16-7-2-1-6-15(16)19(12)29-17/h1-9H,10-11H2,(H,22,23)(H2,21,25,26). The molecule has 1 aliphatic heterocycles. The second-order valence-corrected chi connectivity index (χ2v) is 9.06. The first-order valence-electron chi connectivity index (χ1n) is 8.76. The zero-order chi connectivity index (χ0) is 21.3. The molecule has 4 rings (SSSR count). The first-order chi connectivity index (χ1) is 14.3. The number of rotatable bonds is 5. The van der Waals surface area contributed by atoms with E-state index < -0.39 is 28.5 Å². The van der Waals surface area contributed by atoms with Crippen molar-refractivity contribution in [3.8, 4) is 16.2 Å². The van der Waals surface area contributed by atoms with Gasteiger partial charge >= 0.3 is 5.97 Å². The summed E-state index contributed by atoms with van der Waals surface area (Å²) >= 11 is 1.28. The predicted molar refractivity (Wildman–Crippen MR) is 111 cm³/mol. The molecule has 2 aromatic carbocycles. The topological polar surface area (TPSA) is 125 Å². The van der Waals surface area contributed by atoms with Gasteiger partial charge in [-0.25, -0.2) is 18.4 Å². The van der Waals surface area contributed by atoms with Crippen LogP contribution < -0.4 is 15.2 Å². The van der Waals surface area contributed by atoms with Crippen molar-refractivity contribution in [3.63, 3.8) is 0 Å². The van der Waals surface area contributed by atoms with Crippen LogP contribution in [0.2, 0.25) is 0 Å². The van der Waals surface area contributed by atoms with Gasteiger partial charge in [-0.15, -0.1) is 11.3 Å². The average Bonchev–Trinajstić information content (AvgIpc) is 3.17. The molecule has 0 radical (unpaired) electrons. The van der Waals surface area contributed by atoms with Crippen molar-refractivity contribution in [1.29, 1.82) is 0 Å². The summed E-state index contributed by atoms with van der Waals surface area (Å²) in [6, 6.07) is 14.7. The zero-order valence-electron chi connectivity index (χ0n) is 15.5. The molecule has 0 aliphatic carbocycles. The molecule has 8 nitrogen and oxygen atoms in total. The number of ether oxygens (including phenoxy) is 2. The number of sulfonamides is 1. The molecular weight excluding hydrogens is 428 g/mol. The number of primary sulfonamides is 1. The Morgan fingerprint density at radius 3 is 2.73 bits per heavy atom. The van der Waals surface area contributed by atoms with Gasteiger partial charge in [0.25, 0.3) is 5.91 Å². The number of hydrogen-bond acceptors (Lipinski definition) is 7. The highest BCUT2D eigenvalue weighted by molar-refractivity contribution is 7.89. The van der Waals surface area contributed by atoms with E-state index >= 15 is 0 Å². The fourth-order valence-electron chi connectivity index (χ4n) is 2.95. The van der Waals surface area contributed by atoms with Gasteiger partial charge in [0, 0.05) is 21.7 Å². The van der Waals surface area contributed by atoms with Gasteiger partial charge in [-0.05, 0) is 36.4 Å². The fraction of sp³-hybridized carbons (Fsp3) is 0.100. The first-order valence-corrected chi connectivity index (χ1v) is 11.1. The van der Waals surface area contributed by atoms with Crippen LogP contribution >= 0.6 is 11.3 Å². The van der Waals surface area contributed by atoms with Crippen LogP contribution in [-0.2, 0) is 26.2 Å². The van der Waals surface area contributed by atoms with Gasteiger partial charge < -0.3 is 14.8 Å². The summed E-state index contributed by atoms with van der Waals surface area (Å²) in [5.41, 5.74) is 2.02. The second kappa shape index (κ2) is 7.90. The Hall–Kier alpha value is -3.21. The number of benzene rings is 2. The first kappa shape index (κ1) is 20.1. The number of nitrogens with two attached hydrogens (primary N) is 1. The van der Waals surface area contributed by atoms with Crippen LogP contribution in [0, 0.1) is 0 Å². The number of anilines is 1. The summed E-state index contributed by atoms with van der Waals surface area (Å²) < 4.78 is 33.6. The highest BCUT2D eigenvalue weighted by Gasteiger charge is 2.23. The minimum absolute atomic E-state index is 0.135. The number of fused-ring (bicyclic) bond motifs is 3. The van der Waals surface area contributed by atoms with Gasteiger partial charge in [-0.3, -0.25) is 4.79 Å². The van der Waals surface area contributed by atoms with Crippen LogP contribution in [0.15, 0.2) is 59.5 Å². The molecule has 0 atom stereocenters. The zero-order valence-corrected chi connectivity index (χ0v) is 17.1. The van der Waals surface area contributed by atoms with Crippen molar-refractivity contribution in [2.45, 2.75) is 11.5 Å². The Labute approximate surface area is 176 Å². The van der Waals surface area contributed by atoms with Crippen molar-refractivity contribution in [1.82, 2.24) is 0 Å². The molecule has 10 heteroatoms. The molecule has 0 saturated heterocycles. The van der Waals surface area contributed by atoms with Gasteiger partial charge in [0.15, 0.2) is 6.61 Å². The lowest BCUT2D eigenvalue weighted by Crippen LogP contribution is -2.21. The number of para-hydroxylation sites is 1. The molecular formula is C20H16N2O6S2. The molecule has 0 saturated carbocycles. The summed E-state index contributed by atoms with van der Waals surface area (Å²) in [5, 5.41) is 7.54. The summed E-state index contributed by atoms with van der Waals surface area (Å²) in [6.45, 7) is -0.162. The number of esters is 1. The third-order valence-corrected chi connectivity index (χ3v) is 6.41. The van der Waals surface area contributed by atoms with Crippen molar-refractivity contribution in [3.05, 3.63) is 65.0 Å². The van der Waals surface area contributed by atoms with E-state index in [9.17, 15) is 18.0 Å². The quantitative estimate of drug-likeness (QED) is 0.583. The summed E-state index contributed by atoms with van der Waals surface area (Å²) in [6.07, 6.45) is 0. The molecule has 3 aromatic rings. The van der Waals surface area contributed by atoms with Crippen LogP contribution in [0.5, 0.6) is 5.75 Å². The van der Waals surface area contributed by atoms with E-state index in [1.54, 1.807) is 6.07 Å². The monoisotopic (exact) mass is 444 g/mol. The number of thiophene rings is 1. The van der Waals surface area contributed by atoms with Gasteiger partial charge in [0.1, 0.15) is 17.2 Å². The third-order valence-electron chi connectivity index (χ3n) is 4.31. The molecule has 3 N–H and O–H groups in total. The molecule has 2 heterocycles. The lowest BCUT2D eigenvalue weighted by molar-refractivity contribution is -0.119. The van der Waals surface area contributed by atoms with E-state index in [0.29, 0.717) is 11.5 Å². The largest absolute Gasteiger partial charge is 0.488 e. The Morgan fingerprint density at radius 1 is 1.13 bits per heavy atom. The summed E-state index contributed by atoms with van der Waals surface area (Å²) in [4.78, 5) is 25.6. The highest BCUT2D eigenvalue weighted by atomic mass is 32.2. The second-order valence-electron chi connectivity index (χ2n) is 6.45. The number of carbonyl (C=O) groups is 2. The lowest BCUT2D eigenvalue weighted by atomic mass is 10.1. The van der Waals surface area contributed by atoms with Crippen LogP contribution in [0.3, 0.4) is 0 Å². The van der Waals surface area contributed by atoms with Crippen LogP contribution in [-0.4, -0.2) is 26.9 Å². The van der Waals surface area contributed by atoms with Crippen LogP contribution in [0.25, 0.3) is 10.4 Å². The van der Waals surface area contributed by atoms with E-state index in [4.69, 9.17) is 14.6 Å². The number of amides is 1. The summed E-state index contributed by atoms with van der Waals surface area (Å²) in [5.74, 6) is -0.474. The molecule has 0 fully saturated rings. The van der Waals surface area contributed by atoms with Gasteiger partial charge in [-0.1, -0.05) is 18.2 Å². The molecule has 154 valence electrons. The van der Waals surface area contributed by atoms with E-state index in [2.05, 4.69) is 5.32 Å². The van der Waals surface area contributed by atoms with E-state index in [1.165, 1.54) is 35.6 Å². The van der Waals surface area contributed by atoms with E-state index in [1.807, 2.05) is 24.3 Å². The fourth-order valence-corrected chi connectivity index (χ4v) is 4.60.